The third kappa shape index (κ3) is 2.42. The Bertz CT molecular complexity index is 890. The number of anilines is 1. The fraction of sp³-hybridized carbons (Fsp3) is 0.312. The first-order chi connectivity index (χ1) is 11.1. The molecule has 0 spiro atoms. The molecule has 1 aliphatic rings. The van der Waals surface area contributed by atoms with Crippen LogP contribution in [-0.4, -0.2) is 25.8 Å². The standard InChI is InChI=1S/C16H15F2N5/c1-9-20-14-5-2-10(8-23(14)22-9)21-13-6-7-19-16-12(18)4-3-11(17)15(13)16/h3-4,6-7,10H,2,5,8H2,1H3,(H,19,21)/t10-/m0/s1. The molecule has 0 saturated carbocycles. The maximum Gasteiger partial charge on any atom is 0.149 e. The summed E-state index contributed by atoms with van der Waals surface area (Å²) in [4.78, 5) is 8.32. The van der Waals surface area contributed by atoms with Crippen LogP contribution in [0, 0.1) is 18.6 Å². The molecule has 1 atom stereocenters. The number of aromatic nitrogens is 4. The molecular formula is C16H15F2N5. The SMILES string of the molecule is Cc1nc2n(n1)C[C@@H](Nc1ccnc3c(F)ccc(F)c13)CC2. The van der Waals surface area contributed by atoms with Gasteiger partial charge in [0.25, 0.3) is 0 Å². The fourth-order valence-electron chi connectivity index (χ4n) is 3.09. The molecule has 4 rings (SSSR count). The first-order valence-corrected chi connectivity index (χ1v) is 7.51. The summed E-state index contributed by atoms with van der Waals surface area (Å²) in [5, 5.41) is 7.85. The van der Waals surface area contributed by atoms with E-state index in [1.807, 2.05) is 11.6 Å². The first-order valence-electron chi connectivity index (χ1n) is 7.51. The molecular weight excluding hydrogens is 300 g/mol. The van der Waals surface area contributed by atoms with Gasteiger partial charge in [0.05, 0.1) is 11.9 Å². The van der Waals surface area contributed by atoms with Gasteiger partial charge in [-0.1, -0.05) is 0 Å². The molecule has 0 aliphatic carbocycles. The van der Waals surface area contributed by atoms with Gasteiger partial charge >= 0.3 is 0 Å². The Labute approximate surface area is 131 Å². The summed E-state index contributed by atoms with van der Waals surface area (Å²) >= 11 is 0. The Hall–Kier alpha value is -2.57. The Morgan fingerprint density at radius 1 is 1.22 bits per heavy atom. The van der Waals surface area contributed by atoms with E-state index in [2.05, 4.69) is 20.4 Å². The Morgan fingerprint density at radius 3 is 2.91 bits per heavy atom. The van der Waals surface area contributed by atoms with Crippen LogP contribution in [0.15, 0.2) is 24.4 Å². The minimum atomic E-state index is -0.525. The molecule has 1 N–H and O–H groups in total. The van der Waals surface area contributed by atoms with Crippen molar-refractivity contribution in [2.75, 3.05) is 5.32 Å². The molecule has 2 aromatic heterocycles. The number of aryl methyl sites for hydroxylation is 2. The van der Waals surface area contributed by atoms with Crippen molar-refractivity contribution in [2.24, 2.45) is 0 Å². The molecule has 0 bridgehead atoms. The lowest BCUT2D eigenvalue weighted by Gasteiger charge is -2.25. The van der Waals surface area contributed by atoms with Crippen LogP contribution in [0.25, 0.3) is 10.9 Å². The van der Waals surface area contributed by atoms with E-state index in [0.29, 0.717) is 12.2 Å². The van der Waals surface area contributed by atoms with Crippen molar-refractivity contribution < 1.29 is 8.78 Å². The van der Waals surface area contributed by atoms with Gasteiger partial charge in [-0.25, -0.2) is 18.4 Å². The summed E-state index contributed by atoms with van der Waals surface area (Å²) < 4.78 is 29.9. The van der Waals surface area contributed by atoms with E-state index in [0.717, 1.165) is 36.6 Å². The van der Waals surface area contributed by atoms with Crippen LogP contribution in [0.5, 0.6) is 0 Å². The van der Waals surface area contributed by atoms with Crippen molar-refractivity contribution in [2.45, 2.75) is 32.4 Å². The van der Waals surface area contributed by atoms with E-state index < -0.39 is 11.6 Å². The Kier molecular flexibility index (Phi) is 3.21. The van der Waals surface area contributed by atoms with Crippen molar-refractivity contribution in [1.29, 1.82) is 0 Å². The predicted molar refractivity (Wildman–Crippen MR) is 82.1 cm³/mol. The van der Waals surface area contributed by atoms with Crippen molar-refractivity contribution >= 4 is 16.6 Å². The Morgan fingerprint density at radius 2 is 2.04 bits per heavy atom. The normalized spacial score (nSPS) is 17.3. The number of nitrogens with zero attached hydrogens (tertiary/aromatic N) is 4. The molecule has 0 amide bonds. The van der Waals surface area contributed by atoms with Crippen molar-refractivity contribution in [1.82, 2.24) is 19.7 Å². The van der Waals surface area contributed by atoms with Gasteiger partial charge in [-0.05, 0) is 31.5 Å². The number of halogens is 2. The lowest BCUT2D eigenvalue weighted by atomic mass is 10.1. The molecule has 1 aliphatic heterocycles. The molecule has 0 unspecified atom stereocenters. The quantitative estimate of drug-likeness (QED) is 0.790. The molecule has 5 nitrogen and oxygen atoms in total. The molecule has 0 saturated heterocycles. The summed E-state index contributed by atoms with van der Waals surface area (Å²) in [7, 11) is 0. The number of benzene rings is 1. The van der Waals surface area contributed by atoms with E-state index in [1.165, 1.54) is 6.20 Å². The van der Waals surface area contributed by atoms with E-state index in [4.69, 9.17) is 0 Å². The second kappa shape index (κ2) is 5.26. The zero-order valence-corrected chi connectivity index (χ0v) is 12.6. The van der Waals surface area contributed by atoms with E-state index in [-0.39, 0.29) is 16.9 Å². The largest absolute Gasteiger partial charge is 0.380 e. The van der Waals surface area contributed by atoms with E-state index in [1.54, 1.807) is 6.07 Å². The van der Waals surface area contributed by atoms with Crippen LogP contribution >= 0.6 is 0 Å². The highest BCUT2D eigenvalue weighted by molar-refractivity contribution is 5.92. The van der Waals surface area contributed by atoms with Crippen LogP contribution in [0.1, 0.15) is 18.1 Å². The molecule has 1 aromatic carbocycles. The smallest absolute Gasteiger partial charge is 0.149 e. The lowest BCUT2D eigenvalue weighted by molar-refractivity contribution is 0.441. The molecule has 0 fully saturated rings. The van der Waals surface area contributed by atoms with Gasteiger partial charge in [0.1, 0.15) is 28.8 Å². The molecule has 23 heavy (non-hydrogen) atoms. The number of fused-ring (bicyclic) bond motifs is 2. The zero-order chi connectivity index (χ0) is 16.0. The van der Waals surface area contributed by atoms with Crippen molar-refractivity contribution in [3.05, 3.63) is 47.7 Å². The molecule has 0 radical (unpaired) electrons. The number of hydrogen-bond acceptors (Lipinski definition) is 4. The van der Waals surface area contributed by atoms with Crippen LogP contribution in [-0.2, 0) is 13.0 Å². The van der Waals surface area contributed by atoms with Gasteiger partial charge in [-0.2, -0.15) is 5.10 Å². The van der Waals surface area contributed by atoms with Crippen molar-refractivity contribution in [3.63, 3.8) is 0 Å². The number of rotatable bonds is 2. The predicted octanol–water partition coefficient (Wildman–Crippen LogP) is 2.84. The summed E-state index contributed by atoms with van der Waals surface area (Å²) in [6.45, 7) is 2.51. The summed E-state index contributed by atoms with van der Waals surface area (Å²) in [6.07, 6.45) is 3.15. The molecule has 118 valence electrons. The highest BCUT2D eigenvalue weighted by Gasteiger charge is 2.22. The molecule has 3 heterocycles. The molecule has 7 heteroatoms. The van der Waals surface area contributed by atoms with E-state index >= 15 is 0 Å². The minimum Gasteiger partial charge on any atom is -0.380 e. The first kappa shape index (κ1) is 14.0. The van der Waals surface area contributed by atoms with Crippen LogP contribution < -0.4 is 5.32 Å². The second-order valence-corrected chi connectivity index (χ2v) is 5.75. The van der Waals surface area contributed by atoms with Gasteiger partial charge in [0.2, 0.25) is 0 Å². The van der Waals surface area contributed by atoms with Gasteiger partial charge < -0.3 is 5.32 Å². The van der Waals surface area contributed by atoms with Gasteiger partial charge in [0, 0.05) is 24.3 Å². The van der Waals surface area contributed by atoms with Crippen LogP contribution in [0.2, 0.25) is 0 Å². The van der Waals surface area contributed by atoms with E-state index in [9.17, 15) is 8.78 Å². The minimum absolute atomic E-state index is 0.0445. The zero-order valence-electron chi connectivity index (χ0n) is 12.6. The van der Waals surface area contributed by atoms with Gasteiger partial charge in [0.15, 0.2) is 0 Å². The lowest BCUT2D eigenvalue weighted by Crippen LogP contribution is -2.32. The highest BCUT2D eigenvalue weighted by atomic mass is 19.1. The van der Waals surface area contributed by atoms with Gasteiger partial charge in [-0.15, -0.1) is 0 Å². The third-order valence-electron chi connectivity index (χ3n) is 4.12. The van der Waals surface area contributed by atoms with Crippen LogP contribution in [0.3, 0.4) is 0 Å². The van der Waals surface area contributed by atoms with Crippen LogP contribution in [0.4, 0.5) is 14.5 Å². The number of hydrogen-bond donors (Lipinski definition) is 1. The third-order valence-corrected chi connectivity index (χ3v) is 4.12. The average Bonchev–Trinajstić information content (AvgIpc) is 2.90. The number of pyridine rings is 1. The second-order valence-electron chi connectivity index (χ2n) is 5.75. The summed E-state index contributed by atoms with van der Waals surface area (Å²) in [5.74, 6) is 0.716. The summed E-state index contributed by atoms with van der Waals surface area (Å²) in [6, 6.07) is 3.98. The Balaban J connectivity index is 1.68. The topological polar surface area (TPSA) is 55.6 Å². The van der Waals surface area contributed by atoms with Crippen molar-refractivity contribution in [3.8, 4) is 0 Å². The number of nitrogens with one attached hydrogen (secondary N) is 1. The monoisotopic (exact) mass is 315 g/mol. The maximum atomic E-state index is 14.1. The maximum absolute atomic E-state index is 14.1. The van der Waals surface area contributed by atoms with Gasteiger partial charge in [-0.3, -0.25) is 4.98 Å². The fourth-order valence-corrected chi connectivity index (χ4v) is 3.09. The highest BCUT2D eigenvalue weighted by Crippen LogP contribution is 2.28. The summed E-state index contributed by atoms with van der Waals surface area (Å²) in [5.41, 5.74) is 0.598. The average molecular weight is 315 g/mol. The molecule has 3 aromatic rings.